The fourth-order valence-corrected chi connectivity index (χ4v) is 3.25. The summed E-state index contributed by atoms with van der Waals surface area (Å²) in [5.74, 6) is 0.472. The zero-order valence-corrected chi connectivity index (χ0v) is 10.2. The summed E-state index contributed by atoms with van der Waals surface area (Å²) in [5.41, 5.74) is 0. The summed E-state index contributed by atoms with van der Waals surface area (Å²) in [6, 6.07) is 0. The minimum atomic E-state index is 0.227. The highest BCUT2D eigenvalue weighted by molar-refractivity contribution is 8.00. The van der Waals surface area contributed by atoms with E-state index in [9.17, 15) is 4.79 Å². The maximum Gasteiger partial charge on any atom is 0.225 e. The third kappa shape index (κ3) is 2.48. The zero-order valence-electron chi connectivity index (χ0n) is 9.34. The van der Waals surface area contributed by atoms with Gasteiger partial charge in [-0.2, -0.15) is 11.8 Å². The Kier molecular flexibility index (Phi) is 3.57. The van der Waals surface area contributed by atoms with Crippen molar-refractivity contribution in [2.45, 2.75) is 30.4 Å². The lowest BCUT2D eigenvalue weighted by atomic mass is 10.0. The van der Waals surface area contributed by atoms with Gasteiger partial charge in [0, 0.05) is 24.4 Å². The molecule has 1 aliphatic heterocycles. The van der Waals surface area contributed by atoms with Crippen molar-refractivity contribution in [3.05, 3.63) is 0 Å². The summed E-state index contributed by atoms with van der Waals surface area (Å²) in [6.07, 6.45) is 7.33. The van der Waals surface area contributed by atoms with Crippen LogP contribution in [0.4, 0.5) is 0 Å². The van der Waals surface area contributed by atoms with Crippen LogP contribution < -0.4 is 10.6 Å². The summed E-state index contributed by atoms with van der Waals surface area (Å²) < 4.78 is 0.340. The van der Waals surface area contributed by atoms with Crippen LogP contribution in [0.1, 0.15) is 25.7 Å². The van der Waals surface area contributed by atoms with Crippen molar-refractivity contribution in [3.63, 3.8) is 0 Å². The second-order valence-corrected chi connectivity index (χ2v) is 5.94. The van der Waals surface area contributed by atoms with E-state index in [1.807, 2.05) is 11.8 Å². The minimum absolute atomic E-state index is 0.227. The number of thioether (sulfide) groups is 1. The molecule has 0 atom stereocenters. The average molecular weight is 228 g/mol. The number of carbonyl (C=O) groups is 1. The van der Waals surface area contributed by atoms with Crippen molar-refractivity contribution in [1.82, 2.24) is 10.6 Å². The summed E-state index contributed by atoms with van der Waals surface area (Å²) in [4.78, 5) is 11.7. The molecule has 15 heavy (non-hydrogen) atoms. The molecule has 0 aromatic rings. The first-order valence-corrected chi connectivity index (χ1v) is 7.02. The minimum Gasteiger partial charge on any atom is -0.354 e. The molecule has 2 fully saturated rings. The van der Waals surface area contributed by atoms with Crippen molar-refractivity contribution in [3.8, 4) is 0 Å². The Morgan fingerprint density at radius 3 is 2.60 bits per heavy atom. The van der Waals surface area contributed by atoms with Gasteiger partial charge < -0.3 is 10.6 Å². The lowest BCUT2D eigenvalue weighted by Gasteiger charge is -2.30. The molecule has 1 aliphatic carbocycles. The van der Waals surface area contributed by atoms with Crippen molar-refractivity contribution < 1.29 is 4.79 Å². The summed E-state index contributed by atoms with van der Waals surface area (Å²) in [7, 11) is 0. The molecule has 2 rings (SSSR count). The largest absolute Gasteiger partial charge is 0.354 e. The zero-order chi connectivity index (χ0) is 10.7. The van der Waals surface area contributed by atoms with Gasteiger partial charge in [-0.1, -0.05) is 12.8 Å². The molecule has 0 spiro atoms. The Labute approximate surface area is 95.8 Å². The van der Waals surface area contributed by atoms with Crippen molar-refractivity contribution in [2.75, 3.05) is 25.9 Å². The van der Waals surface area contributed by atoms with Gasteiger partial charge in [0.25, 0.3) is 0 Å². The molecule has 1 heterocycles. The summed E-state index contributed by atoms with van der Waals surface area (Å²) in [6.45, 7) is 2.58. The van der Waals surface area contributed by atoms with Gasteiger partial charge in [-0.25, -0.2) is 0 Å². The first-order valence-electron chi connectivity index (χ1n) is 5.79. The molecule has 0 aromatic carbocycles. The van der Waals surface area contributed by atoms with Gasteiger partial charge in [-0.3, -0.25) is 4.79 Å². The molecular formula is C11H20N2OS. The van der Waals surface area contributed by atoms with Crippen LogP contribution in [0.5, 0.6) is 0 Å². The van der Waals surface area contributed by atoms with Crippen LogP contribution in [0, 0.1) is 5.92 Å². The molecule has 1 saturated carbocycles. The van der Waals surface area contributed by atoms with Crippen molar-refractivity contribution in [2.24, 2.45) is 5.92 Å². The molecule has 0 aromatic heterocycles. The van der Waals surface area contributed by atoms with Gasteiger partial charge >= 0.3 is 0 Å². The van der Waals surface area contributed by atoms with Crippen LogP contribution in [-0.2, 0) is 4.79 Å². The predicted molar refractivity (Wildman–Crippen MR) is 64.1 cm³/mol. The number of amides is 1. The number of carbonyl (C=O) groups excluding carboxylic acids is 1. The molecule has 0 unspecified atom stereocenters. The van der Waals surface area contributed by atoms with E-state index in [2.05, 4.69) is 16.9 Å². The van der Waals surface area contributed by atoms with E-state index in [1.54, 1.807) is 0 Å². The van der Waals surface area contributed by atoms with E-state index in [-0.39, 0.29) is 11.8 Å². The van der Waals surface area contributed by atoms with Crippen LogP contribution in [0.15, 0.2) is 0 Å². The van der Waals surface area contributed by atoms with Crippen LogP contribution >= 0.6 is 11.8 Å². The van der Waals surface area contributed by atoms with Crippen molar-refractivity contribution in [1.29, 1.82) is 0 Å². The molecule has 4 heteroatoms. The molecular weight excluding hydrogens is 208 g/mol. The van der Waals surface area contributed by atoms with Gasteiger partial charge in [-0.15, -0.1) is 0 Å². The summed E-state index contributed by atoms with van der Waals surface area (Å²) in [5, 5.41) is 6.25. The molecule has 2 N–H and O–H groups in total. The van der Waals surface area contributed by atoms with Crippen LogP contribution in [0.3, 0.4) is 0 Å². The number of rotatable bonds is 4. The second kappa shape index (κ2) is 4.74. The van der Waals surface area contributed by atoms with E-state index < -0.39 is 0 Å². The lowest BCUT2D eigenvalue weighted by molar-refractivity contribution is -0.126. The SMILES string of the molecule is CSC1(CNC(=O)C2CNC2)CCCC1. The van der Waals surface area contributed by atoms with Gasteiger partial charge in [0.1, 0.15) is 0 Å². The Bertz CT molecular complexity index is 235. The maximum atomic E-state index is 11.7. The van der Waals surface area contributed by atoms with E-state index in [1.165, 1.54) is 25.7 Å². The molecule has 0 bridgehead atoms. The Hall–Kier alpha value is -0.220. The second-order valence-electron chi connectivity index (χ2n) is 4.67. The van der Waals surface area contributed by atoms with E-state index in [4.69, 9.17) is 0 Å². The molecule has 3 nitrogen and oxygen atoms in total. The molecule has 0 radical (unpaired) electrons. The van der Waals surface area contributed by atoms with Gasteiger partial charge in [0.15, 0.2) is 0 Å². The third-order valence-electron chi connectivity index (χ3n) is 3.68. The smallest absolute Gasteiger partial charge is 0.225 e. The van der Waals surface area contributed by atoms with Crippen LogP contribution in [-0.4, -0.2) is 36.5 Å². The quantitative estimate of drug-likeness (QED) is 0.754. The standard InChI is InChI=1S/C11H20N2OS/c1-15-11(4-2-3-5-11)8-13-10(14)9-6-12-7-9/h9,12H,2-8H2,1H3,(H,13,14). The van der Waals surface area contributed by atoms with Gasteiger partial charge in [0.05, 0.1) is 5.92 Å². The number of nitrogens with one attached hydrogen (secondary N) is 2. The first-order chi connectivity index (χ1) is 7.26. The van der Waals surface area contributed by atoms with E-state index in [0.29, 0.717) is 4.75 Å². The van der Waals surface area contributed by atoms with Gasteiger partial charge in [0.2, 0.25) is 5.91 Å². The molecule has 1 amide bonds. The molecule has 1 saturated heterocycles. The monoisotopic (exact) mass is 228 g/mol. The summed E-state index contributed by atoms with van der Waals surface area (Å²) >= 11 is 1.93. The normalized spacial score (nSPS) is 24.9. The number of hydrogen-bond donors (Lipinski definition) is 2. The maximum absolute atomic E-state index is 11.7. The fourth-order valence-electron chi connectivity index (χ4n) is 2.34. The Balaban J connectivity index is 1.77. The highest BCUT2D eigenvalue weighted by atomic mass is 32.2. The molecule has 86 valence electrons. The van der Waals surface area contributed by atoms with Gasteiger partial charge in [-0.05, 0) is 19.1 Å². The van der Waals surface area contributed by atoms with Crippen molar-refractivity contribution >= 4 is 17.7 Å². The average Bonchev–Trinajstić information content (AvgIpc) is 2.61. The highest BCUT2D eigenvalue weighted by Crippen LogP contribution is 2.39. The topological polar surface area (TPSA) is 41.1 Å². The van der Waals surface area contributed by atoms with E-state index >= 15 is 0 Å². The Morgan fingerprint density at radius 1 is 1.47 bits per heavy atom. The molecule has 2 aliphatic rings. The predicted octanol–water partition coefficient (Wildman–Crippen LogP) is 0.998. The Morgan fingerprint density at radius 2 is 2.13 bits per heavy atom. The highest BCUT2D eigenvalue weighted by Gasteiger charge is 2.34. The van der Waals surface area contributed by atoms with Crippen LogP contribution in [0.25, 0.3) is 0 Å². The fraction of sp³-hybridized carbons (Fsp3) is 0.909. The van der Waals surface area contributed by atoms with E-state index in [0.717, 1.165) is 19.6 Å². The van der Waals surface area contributed by atoms with Crippen LogP contribution in [0.2, 0.25) is 0 Å². The third-order valence-corrected chi connectivity index (χ3v) is 5.10. The lowest BCUT2D eigenvalue weighted by Crippen LogP contribution is -2.52. The first kappa shape index (κ1) is 11.3. The number of hydrogen-bond acceptors (Lipinski definition) is 3.